The maximum Gasteiger partial charge on any atom is 0.124 e. The molecule has 0 aromatic heterocycles. The highest BCUT2D eigenvalue weighted by Crippen LogP contribution is 2.33. The number of hydrogen-bond acceptors (Lipinski definition) is 4. The first-order valence-electron chi connectivity index (χ1n) is 8.51. The Kier molecular flexibility index (Phi) is 5.37. The van der Waals surface area contributed by atoms with Crippen molar-refractivity contribution in [2.75, 3.05) is 20.2 Å². The van der Waals surface area contributed by atoms with Crippen LogP contribution in [-0.4, -0.2) is 35.3 Å². The second kappa shape index (κ2) is 7.52. The summed E-state index contributed by atoms with van der Waals surface area (Å²) in [7, 11) is 1.59. The van der Waals surface area contributed by atoms with E-state index >= 15 is 0 Å². The molecule has 0 aliphatic carbocycles. The molecule has 25 heavy (non-hydrogen) atoms. The summed E-state index contributed by atoms with van der Waals surface area (Å²) < 4.78 is 18.3. The molecule has 2 aromatic carbocycles. The Morgan fingerprint density at radius 3 is 2.40 bits per heavy atom. The molecule has 2 N–H and O–H groups in total. The third-order valence-corrected chi connectivity index (χ3v) is 4.99. The van der Waals surface area contributed by atoms with Crippen molar-refractivity contribution in [3.63, 3.8) is 0 Å². The number of likely N-dealkylation sites (tertiary alicyclic amines) is 1. The molecule has 0 radical (unpaired) electrons. The second-order valence-electron chi connectivity index (χ2n) is 6.62. The van der Waals surface area contributed by atoms with Crippen LogP contribution < -0.4 is 4.74 Å². The van der Waals surface area contributed by atoms with Gasteiger partial charge in [-0.2, -0.15) is 0 Å². The molecule has 1 saturated heterocycles. The van der Waals surface area contributed by atoms with Crippen LogP contribution in [0.1, 0.15) is 29.5 Å². The molecular formula is C20H24FNO3. The summed E-state index contributed by atoms with van der Waals surface area (Å²) in [5.74, 6) is 0.402. The van der Waals surface area contributed by atoms with Gasteiger partial charge in [0.2, 0.25) is 0 Å². The normalized spacial score (nSPS) is 17.4. The van der Waals surface area contributed by atoms with E-state index in [1.807, 2.05) is 18.2 Å². The first-order chi connectivity index (χ1) is 12.0. The van der Waals surface area contributed by atoms with E-state index in [9.17, 15) is 14.6 Å². The van der Waals surface area contributed by atoms with E-state index < -0.39 is 5.60 Å². The third-order valence-electron chi connectivity index (χ3n) is 4.99. The fourth-order valence-electron chi connectivity index (χ4n) is 3.44. The molecule has 0 amide bonds. The Morgan fingerprint density at radius 1 is 1.12 bits per heavy atom. The molecule has 1 aliphatic heterocycles. The highest BCUT2D eigenvalue weighted by Gasteiger charge is 2.33. The van der Waals surface area contributed by atoms with Gasteiger partial charge in [-0.25, -0.2) is 4.39 Å². The van der Waals surface area contributed by atoms with Crippen molar-refractivity contribution in [2.24, 2.45) is 0 Å². The van der Waals surface area contributed by atoms with E-state index in [2.05, 4.69) is 4.90 Å². The van der Waals surface area contributed by atoms with Crippen molar-refractivity contribution < 1.29 is 19.3 Å². The van der Waals surface area contributed by atoms with Crippen molar-refractivity contribution >= 4 is 0 Å². The van der Waals surface area contributed by atoms with Crippen LogP contribution in [-0.2, 0) is 18.8 Å². The van der Waals surface area contributed by atoms with Gasteiger partial charge >= 0.3 is 0 Å². The van der Waals surface area contributed by atoms with Gasteiger partial charge in [0.15, 0.2) is 0 Å². The first-order valence-corrected chi connectivity index (χ1v) is 8.51. The number of halogens is 1. The summed E-state index contributed by atoms with van der Waals surface area (Å²) in [6.07, 6.45) is 1.23. The molecule has 0 bridgehead atoms. The van der Waals surface area contributed by atoms with Gasteiger partial charge < -0.3 is 14.9 Å². The van der Waals surface area contributed by atoms with Crippen LogP contribution in [0.15, 0.2) is 42.5 Å². The molecule has 1 heterocycles. The molecule has 3 rings (SSSR count). The maximum absolute atomic E-state index is 13.1. The lowest BCUT2D eigenvalue weighted by molar-refractivity contribution is -0.0277. The van der Waals surface area contributed by atoms with Crippen molar-refractivity contribution in [1.82, 2.24) is 4.90 Å². The molecule has 0 spiro atoms. The molecule has 4 nitrogen and oxygen atoms in total. The summed E-state index contributed by atoms with van der Waals surface area (Å²) in [5.41, 5.74) is 1.78. The van der Waals surface area contributed by atoms with Gasteiger partial charge in [-0.05, 0) is 48.2 Å². The largest absolute Gasteiger partial charge is 0.496 e. The first kappa shape index (κ1) is 17.9. The molecule has 2 aromatic rings. The van der Waals surface area contributed by atoms with Crippen molar-refractivity contribution in [1.29, 1.82) is 0 Å². The minimum atomic E-state index is -0.889. The van der Waals surface area contributed by atoms with E-state index in [4.69, 9.17) is 4.74 Å². The number of methoxy groups -OCH3 is 1. The quantitative estimate of drug-likeness (QED) is 0.875. The number of hydrogen-bond donors (Lipinski definition) is 2. The Balaban J connectivity index is 1.63. The van der Waals surface area contributed by atoms with E-state index in [0.717, 1.165) is 36.3 Å². The molecular weight excluding hydrogens is 321 g/mol. The molecule has 134 valence electrons. The molecule has 5 heteroatoms. The molecule has 1 fully saturated rings. The van der Waals surface area contributed by atoms with E-state index in [1.165, 1.54) is 12.1 Å². The van der Waals surface area contributed by atoms with Gasteiger partial charge in [-0.3, -0.25) is 4.90 Å². The molecule has 0 saturated carbocycles. The SMILES string of the molecule is COc1ccc(CN2CCC(O)(c3ccc(F)cc3)CC2)cc1CO. The van der Waals surface area contributed by atoms with Gasteiger partial charge in [0.05, 0.1) is 19.3 Å². The average molecular weight is 345 g/mol. The molecule has 0 unspecified atom stereocenters. The number of rotatable bonds is 5. The zero-order chi connectivity index (χ0) is 17.9. The lowest BCUT2D eigenvalue weighted by Crippen LogP contribution is -2.42. The van der Waals surface area contributed by atoms with Crippen LogP contribution in [0.3, 0.4) is 0 Å². The van der Waals surface area contributed by atoms with Crippen molar-refractivity contribution in [2.45, 2.75) is 31.6 Å². The van der Waals surface area contributed by atoms with Gasteiger partial charge in [0.25, 0.3) is 0 Å². The van der Waals surface area contributed by atoms with Gasteiger partial charge in [-0.1, -0.05) is 18.2 Å². The van der Waals surface area contributed by atoms with Crippen LogP contribution in [0.25, 0.3) is 0 Å². The van der Waals surface area contributed by atoms with Crippen LogP contribution in [0.5, 0.6) is 5.75 Å². The summed E-state index contributed by atoms with van der Waals surface area (Å²) in [6, 6.07) is 12.0. The summed E-state index contributed by atoms with van der Waals surface area (Å²) >= 11 is 0. The standard InChI is InChI=1S/C20H24FNO3/c1-25-19-7-2-15(12-16(19)14-23)13-22-10-8-20(24,9-11-22)17-3-5-18(21)6-4-17/h2-7,12,23-24H,8-11,13-14H2,1H3. The van der Waals surface area contributed by atoms with Gasteiger partial charge in [-0.15, -0.1) is 0 Å². The topological polar surface area (TPSA) is 52.9 Å². The fraction of sp³-hybridized carbons (Fsp3) is 0.400. The number of piperidine rings is 1. The highest BCUT2D eigenvalue weighted by molar-refractivity contribution is 5.37. The van der Waals surface area contributed by atoms with Gasteiger partial charge in [0.1, 0.15) is 11.6 Å². The van der Waals surface area contributed by atoms with Crippen LogP contribution in [0, 0.1) is 5.82 Å². The lowest BCUT2D eigenvalue weighted by atomic mass is 9.84. The maximum atomic E-state index is 13.1. The number of nitrogens with zero attached hydrogens (tertiary/aromatic N) is 1. The summed E-state index contributed by atoms with van der Waals surface area (Å²) in [6.45, 7) is 2.22. The zero-order valence-electron chi connectivity index (χ0n) is 14.4. The number of aliphatic hydroxyl groups is 2. The van der Waals surface area contributed by atoms with E-state index in [1.54, 1.807) is 19.2 Å². The van der Waals surface area contributed by atoms with E-state index in [-0.39, 0.29) is 12.4 Å². The summed E-state index contributed by atoms with van der Waals surface area (Å²) in [4.78, 5) is 2.28. The van der Waals surface area contributed by atoms with E-state index in [0.29, 0.717) is 18.6 Å². The van der Waals surface area contributed by atoms with Crippen LogP contribution in [0.4, 0.5) is 4.39 Å². The Bertz CT molecular complexity index is 709. The monoisotopic (exact) mass is 345 g/mol. The van der Waals surface area contributed by atoms with Gasteiger partial charge in [0, 0.05) is 25.2 Å². The predicted octanol–water partition coefficient (Wildman–Crippen LogP) is 2.81. The Labute approximate surface area is 147 Å². The minimum Gasteiger partial charge on any atom is -0.496 e. The predicted molar refractivity (Wildman–Crippen MR) is 93.7 cm³/mol. The number of ether oxygens (including phenoxy) is 1. The molecule has 1 aliphatic rings. The second-order valence-corrected chi connectivity index (χ2v) is 6.62. The smallest absolute Gasteiger partial charge is 0.124 e. The Morgan fingerprint density at radius 2 is 1.80 bits per heavy atom. The Hall–Kier alpha value is -1.95. The summed E-state index contributed by atoms with van der Waals surface area (Å²) in [5, 5.41) is 20.3. The fourth-order valence-corrected chi connectivity index (χ4v) is 3.44. The van der Waals surface area contributed by atoms with Crippen LogP contribution in [0.2, 0.25) is 0 Å². The zero-order valence-corrected chi connectivity index (χ0v) is 14.4. The minimum absolute atomic E-state index is 0.0542. The van der Waals surface area contributed by atoms with Crippen LogP contribution >= 0.6 is 0 Å². The van der Waals surface area contributed by atoms with Crippen molar-refractivity contribution in [3.8, 4) is 5.75 Å². The third kappa shape index (κ3) is 4.00. The number of benzene rings is 2. The van der Waals surface area contributed by atoms with Crippen molar-refractivity contribution in [3.05, 3.63) is 65.0 Å². The number of aliphatic hydroxyl groups excluding tert-OH is 1. The molecule has 0 atom stereocenters. The highest BCUT2D eigenvalue weighted by atomic mass is 19.1. The lowest BCUT2D eigenvalue weighted by Gasteiger charge is -2.38. The average Bonchev–Trinajstić information content (AvgIpc) is 2.64.